The van der Waals surface area contributed by atoms with Crippen molar-refractivity contribution in [3.8, 4) is 0 Å². The van der Waals surface area contributed by atoms with Crippen LogP contribution in [0.25, 0.3) is 0 Å². The summed E-state index contributed by atoms with van der Waals surface area (Å²) in [4.78, 5) is 20.3. The molecule has 3 aliphatic rings. The zero-order chi connectivity index (χ0) is 20.8. The Hall–Kier alpha value is -1.43. The number of amides is 1. The Morgan fingerprint density at radius 2 is 1.73 bits per heavy atom. The van der Waals surface area contributed by atoms with E-state index in [1.165, 1.54) is 50.9 Å². The number of nitrogens with one attached hydrogen (secondary N) is 1. The summed E-state index contributed by atoms with van der Waals surface area (Å²) in [7, 11) is 0. The van der Waals surface area contributed by atoms with Crippen LogP contribution in [0.4, 0.5) is 0 Å². The number of hydrogen-bond acceptors (Lipinski definition) is 4. The largest absolute Gasteiger partial charge is 0.340 e. The summed E-state index contributed by atoms with van der Waals surface area (Å²) in [5.74, 6) is 0.667. The number of carbonyl (C=O) groups is 1. The molecule has 3 heterocycles. The first-order valence-corrected chi connectivity index (χ1v) is 12.2. The molecular weight excluding hydrogens is 372 g/mol. The van der Waals surface area contributed by atoms with Gasteiger partial charge in [0.25, 0.3) is 0 Å². The summed E-state index contributed by atoms with van der Waals surface area (Å²) in [5, 5.41) is 3.44. The molecule has 0 saturated carbocycles. The molecule has 5 heteroatoms. The van der Waals surface area contributed by atoms with Crippen LogP contribution in [0.3, 0.4) is 0 Å². The lowest BCUT2D eigenvalue weighted by Gasteiger charge is -2.42. The number of likely N-dealkylation sites (tertiary alicyclic amines) is 2. The molecule has 0 unspecified atom stereocenters. The molecule has 1 aromatic rings. The number of benzene rings is 1. The molecule has 1 N–H and O–H groups in total. The van der Waals surface area contributed by atoms with Gasteiger partial charge >= 0.3 is 0 Å². The highest BCUT2D eigenvalue weighted by atomic mass is 16.2. The van der Waals surface area contributed by atoms with Crippen LogP contribution in [-0.2, 0) is 11.2 Å². The van der Waals surface area contributed by atoms with E-state index < -0.39 is 0 Å². The van der Waals surface area contributed by atoms with Gasteiger partial charge in [0.05, 0.1) is 0 Å². The van der Waals surface area contributed by atoms with Gasteiger partial charge in [-0.2, -0.15) is 0 Å². The van der Waals surface area contributed by atoms with E-state index >= 15 is 0 Å². The number of rotatable bonds is 6. The van der Waals surface area contributed by atoms with Gasteiger partial charge in [-0.3, -0.25) is 4.79 Å². The molecule has 166 valence electrons. The van der Waals surface area contributed by atoms with E-state index in [1.807, 2.05) is 0 Å². The molecule has 30 heavy (non-hydrogen) atoms. The molecule has 0 spiro atoms. The summed E-state index contributed by atoms with van der Waals surface area (Å²) in [6.07, 6.45) is 7.13. The van der Waals surface area contributed by atoms with Crippen molar-refractivity contribution in [2.75, 3.05) is 52.4 Å². The van der Waals surface area contributed by atoms with E-state index in [9.17, 15) is 4.79 Å². The third kappa shape index (κ3) is 5.83. The number of hydrogen-bond donors (Lipinski definition) is 1. The molecule has 3 saturated heterocycles. The van der Waals surface area contributed by atoms with Gasteiger partial charge in [-0.15, -0.1) is 0 Å². The highest BCUT2D eigenvalue weighted by Gasteiger charge is 2.33. The van der Waals surface area contributed by atoms with Crippen LogP contribution >= 0.6 is 0 Å². The fourth-order valence-electron chi connectivity index (χ4n) is 5.56. The molecule has 0 bridgehead atoms. The van der Waals surface area contributed by atoms with Gasteiger partial charge in [-0.25, -0.2) is 0 Å². The number of carbonyl (C=O) groups excluding carboxylic acids is 1. The van der Waals surface area contributed by atoms with E-state index in [1.54, 1.807) is 0 Å². The Kier molecular flexibility index (Phi) is 7.80. The van der Waals surface area contributed by atoms with Crippen LogP contribution in [0.1, 0.15) is 44.6 Å². The zero-order valence-corrected chi connectivity index (χ0v) is 18.8. The minimum absolute atomic E-state index is 0.254. The second kappa shape index (κ2) is 10.7. The summed E-state index contributed by atoms with van der Waals surface area (Å²) in [5.41, 5.74) is 1.46. The molecule has 1 amide bonds. The SMILES string of the molecule is C[C@H]1CN(C(=O)C2CCN(C3CCN(CCCc4ccccc4)CC3)CC2)CCN1. The van der Waals surface area contributed by atoms with Gasteiger partial charge in [0.1, 0.15) is 0 Å². The monoisotopic (exact) mass is 412 g/mol. The quantitative estimate of drug-likeness (QED) is 0.780. The Labute approximate surface area is 182 Å². The maximum Gasteiger partial charge on any atom is 0.225 e. The van der Waals surface area contributed by atoms with Crippen LogP contribution in [-0.4, -0.2) is 85.0 Å². The zero-order valence-electron chi connectivity index (χ0n) is 18.8. The Balaban J connectivity index is 1.14. The van der Waals surface area contributed by atoms with Crippen molar-refractivity contribution in [2.45, 2.75) is 57.5 Å². The van der Waals surface area contributed by atoms with Crippen molar-refractivity contribution >= 4 is 5.91 Å². The summed E-state index contributed by atoms with van der Waals surface area (Å²) in [6, 6.07) is 12.0. The van der Waals surface area contributed by atoms with Crippen LogP contribution < -0.4 is 5.32 Å². The van der Waals surface area contributed by atoms with Gasteiger partial charge in [0.2, 0.25) is 5.91 Å². The van der Waals surface area contributed by atoms with Crippen molar-refractivity contribution < 1.29 is 4.79 Å². The lowest BCUT2D eigenvalue weighted by molar-refractivity contribution is -0.138. The fraction of sp³-hybridized carbons (Fsp3) is 0.720. The maximum absolute atomic E-state index is 12.9. The number of aryl methyl sites for hydroxylation is 1. The summed E-state index contributed by atoms with van der Waals surface area (Å²) >= 11 is 0. The van der Waals surface area contributed by atoms with E-state index in [2.05, 4.69) is 57.3 Å². The smallest absolute Gasteiger partial charge is 0.225 e. The molecule has 0 aromatic heterocycles. The molecule has 0 aliphatic carbocycles. The highest BCUT2D eigenvalue weighted by molar-refractivity contribution is 5.79. The molecule has 1 atom stereocenters. The third-order valence-electron chi connectivity index (χ3n) is 7.42. The van der Waals surface area contributed by atoms with E-state index in [0.29, 0.717) is 11.9 Å². The lowest BCUT2D eigenvalue weighted by Crippen LogP contribution is -2.54. The third-order valence-corrected chi connectivity index (χ3v) is 7.42. The predicted molar refractivity (Wildman–Crippen MR) is 123 cm³/mol. The van der Waals surface area contributed by atoms with Crippen molar-refractivity contribution in [3.63, 3.8) is 0 Å². The fourth-order valence-corrected chi connectivity index (χ4v) is 5.56. The Morgan fingerprint density at radius 1 is 1.00 bits per heavy atom. The Morgan fingerprint density at radius 3 is 2.43 bits per heavy atom. The molecule has 3 aliphatic heterocycles. The average molecular weight is 413 g/mol. The Bertz CT molecular complexity index is 650. The molecule has 4 rings (SSSR count). The second-order valence-corrected chi connectivity index (χ2v) is 9.61. The van der Waals surface area contributed by atoms with Crippen molar-refractivity contribution in [2.24, 2.45) is 5.92 Å². The first-order valence-electron chi connectivity index (χ1n) is 12.2. The average Bonchev–Trinajstić information content (AvgIpc) is 2.80. The van der Waals surface area contributed by atoms with Gasteiger partial charge < -0.3 is 20.0 Å². The molecule has 5 nitrogen and oxygen atoms in total. The van der Waals surface area contributed by atoms with Gasteiger partial charge in [-0.05, 0) is 83.7 Å². The lowest BCUT2D eigenvalue weighted by atomic mass is 9.92. The first kappa shape index (κ1) is 21.8. The van der Waals surface area contributed by atoms with Crippen LogP contribution in [0.2, 0.25) is 0 Å². The van der Waals surface area contributed by atoms with Gasteiger partial charge in [-0.1, -0.05) is 30.3 Å². The number of piperazine rings is 1. The van der Waals surface area contributed by atoms with E-state index in [0.717, 1.165) is 51.6 Å². The summed E-state index contributed by atoms with van der Waals surface area (Å²) in [6.45, 7) is 10.8. The van der Waals surface area contributed by atoms with Crippen LogP contribution in [0.15, 0.2) is 30.3 Å². The molecule has 1 aromatic carbocycles. The van der Waals surface area contributed by atoms with Gasteiger partial charge in [0, 0.05) is 37.6 Å². The first-order chi connectivity index (χ1) is 14.7. The molecular formula is C25H40N4O. The van der Waals surface area contributed by atoms with E-state index in [4.69, 9.17) is 0 Å². The maximum atomic E-state index is 12.9. The van der Waals surface area contributed by atoms with Gasteiger partial charge in [0.15, 0.2) is 0 Å². The molecule has 0 radical (unpaired) electrons. The summed E-state index contributed by atoms with van der Waals surface area (Å²) < 4.78 is 0. The standard InChI is InChI=1S/C25H40N4O/c1-21-20-29(19-13-26-21)25(30)23-9-17-28(18-10-23)24-11-15-27(16-12-24)14-5-8-22-6-3-2-4-7-22/h2-4,6-7,21,23-24,26H,5,8-20H2,1H3/t21-/m0/s1. The minimum Gasteiger partial charge on any atom is -0.340 e. The van der Waals surface area contributed by atoms with Crippen molar-refractivity contribution in [3.05, 3.63) is 35.9 Å². The highest BCUT2D eigenvalue weighted by Crippen LogP contribution is 2.25. The van der Waals surface area contributed by atoms with Crippen LogP contribution in [0, 0.1) is 5.92 Å². The van der Waals surface area contributed by atoms with E-state index in [-0.39, 0.29) is 5.92 Å². The predicted octanol–water partition coefficient (Wildman–Crippen LogP) is 2.62. The van der Waals surface area contributed by atoms with Crippen molar-refractivity contribution in [1.82, 2.24) is 20.0 Å². The normalized spacial score (nSPS) is 25.5. The minimum atomic E-state index is 0.254. The van der Waals surface area contributed by atoms with Crippen molar-refractivity contribution in [1.29, 1.82) is 0 Å². The topological polar surface area (TPSA) is 38.8 Å². The second-order valence-electron chi connectivity index (χ2n) is 9.61. The molecule has 3 fully saturated rings. The number of nitrogens with zero attached hydrogens (tertiary/aromatic N) is 3. The number of piperidine rings is 2. The van der Waals surface area contributed by atoms with Crippen LogP contribution in [0.5, 0.6) is 0 Å².